The number of anilines is 2. The van der Waals surface area contributed by atoms with Gasteiger partial charge in [-0.05, 0) is 31.0 Å². The lowest BCUT2D eigenvalue weighted by atomic mass is 10.3. The van der Waals surface area contributed by atoms with Gasteiger partial charge in [-0.25, -0.2) is 12.6 Å². The molecule has 2 rings (SSSR count). The Morgan fingerprint density at radius 3 is 2.72 bits per heavy atom. The highest BCUT2D eigenvalue weighted by Crippen LogP contribution is 2.30. The van der Waals surface area contributed by atoms with E-state index in [4.69, 9.17) is 0 Å². The summed E-state index contributed by atoms with van der Waals surface area (Å²) in [6, 6.07) is 4.71. The normalized spacial score (nSPS) is 22.7. The van der Waals surface area contributed by atoms with E-state index >= 15 is 0 Å². The molecule has 8 heteroatoms. The molecule has 0 saturated carbocycles. The number of hydrogen-bond donors (Lipinski definition) is 2. The van der Waals surface area contributed by atoms with Crippen LogP contribution in [0.15, 0.2) is 27.5 Å². The summed E-state index contributed by atoms with van der Waals surface area (Å²) in [6.45, 7) is 1.69. The topological polar surface area (TPSA) is 87.6 Å². The Morgan fingerprint density at radius 2 is 2.11 bits per heavy atom. The van der Waals surface area contributed by atoms with Gasteiger partial charge >= 0.3 is 0 Å². The van der Waals surface area contributed by atoms with Gasteiger partial charge in [0.05, 0.1) is 26.5 Å². The van der Waals surface area contributed by atoms with Crippen molar-refractivity contribution in [3.8, 4) is 0 Å². The van der Waals surface area contributed by atoms with E-state index in [0.29, 0.717) is 22.1 Å². The highest BCUT2D eigenvalue weighted by atomic mass is 32.2. The minimum Gasteiger partial charge on any atom is -0.342 e. The molecule has 1 heterocycles. The highest BCUT2D eigenvalue weighted by Gasteiger charge is 2.19. The van der Waals surface area contributed by atoms with Crippen molar-refractivity contribution in [1.29, 1.82) is 0 Å². The van der Waals surface area contributed by atoms with Gasteiger partial charge in [-0.1, -0.05) is 0 Å². The lowest BCUT2D eigenvalue weighted by Crippen LogP contribution is -2.19. The molecule has 0 spiro atoms. The van der Waals surface area contributed by atoms with Crippen LogP contribution in [0, 0.1) is 0 Å². The number of nitrogens with one attached hydrogen (secondary N) is 2. The molecular weight excluding hydrogens is 274 g/mol. The second kappa shape index (κ2) is 3.99. The number of rotatable bonds is 2. The molecule has 0 fully saturated rings. The summed E-state index contributed by atoms with van der Waals surface area (Å²) in [6.07, 6.45) is 1.05. The number of benzene rings is 1. The van der Waals surface area contributed by atoms with Crippen LogP contribution < -0.4 is 10.0 Å². The maximum absolute atomic E-state index is 12.2. The molecule has 6 nitrogen and oxygen atoms in total. The SMILES string of the molecule is C=S1(=O)N=C(C)Nc2ccc(NS(C)(=O)=O)cc21. The Hall–Kier alpha value is -1.54. The molecule has 1 atom stereocenters. The van der Waals surface area contributed by atoms with Crippen molar-refractivity contribution in [1.82, 2.24) is 0 Å². The molecule has 1 aliphatic rings. The van der Waals surface area contributed by atoms with E-state index in [2.05, 4.69) is 20.3 Å². The van der Waals surface area contributed by atoms with E-state index in [1.54, 1.807) is 19.1 Å². The molecule has 1 aromatic carbocycles. The maximum Gasteiger partial charge on any atom is 0.229 e. The molecule has 0 saturated heterocycles. The van der Waals surface area contributed by atoms with Gasteiger partial charge in [0.2, 0.25) is 10.0 Å². The van der Waals surface area contributed by atoms with Crippen LogP contribution in [0.4, 0.5) is 11.4 Å². The Bertz CT molecular complexity index is 734. The van der Waals surface area contributed by atoms with Crippen molar-refractivity contribution in [2.45, 2.75) is 11.8 Å². The molecule has 0 aromatic heterocycles. The third kappa shape index (κ3) is 2.65. The summed E-state index contributed by atoms with van der Waals surface area (Å²) in [5, 5.41) is 2.96. The largest absolute Gasteiger partial charge is 0.342 e. The monoisotopic (exact) mass is 287 g/mol. The molecule has 0 amide bonds. The minimum atomic E-state index is -3.37. The third-order valence-corrected chi connectivity index (χ3v) is 4.43. The average molecular weight is 287 g/mol. The highest BCUT2D eigenvalue weighted by molar-refractivity contribution is 7.99. The number of fused-ring (bicyclic) bond motifs is 1. The van der Waals surface area contributed by atoms with Gasteiger partial charge in [0, 0.05) is 5.69 Å². The van der Waals surface area contributed by atoms with Crippen LogP contribution in [-0.2, 0) is 19.7 Å². The number of nitrogens with zero attached hydrogens (tertiary/aromatic N) is 1. The van der Waals surface area contributed by atoms with Crippen molar-refractivity contribution in [3.63, 3.8) is 0 Å². The first-order valence-electron chi connectivity index (χ1n) is 5.00. The van der Waals surface area contributed by atoms with Crippen molar-refractivity contribution < 1.29 is 12.6 Å². The van der Waals surface area contributed by atoms with Gasteiger partial charge < -0.3 is 5.32 Å². The standard InChI is InChI=1S/C10H13N3O3S2/c1-7-11-9-5-4-8(13-18(3,15)16)6-10(9)17(2,14)12-7/h4-6,13H,2H2,1,3H3,(H,11,12,14). The summed E-state index contributed by atoms with van der Waals surface area (Å²) < 4.78 is 40.8. The van der Waals surface area contributed by atoms with Crippen molar-refractivity contribution in [2.75, 3.05) is 16.3 Å². The van der Waals surface area contributed by atoms with Crippen LogP contribution in [0.1, 0.15) is 6.92 Å². The lowest BCUT2D eigenvalue weighted by molar-refractivity contribution is 0.606. The van der Waals surface area contributed by atoms with Crippen LogP contribution in [-0.4, -0.2) is 30.6 Å². The maximum atomic E-state index is 12.2. The molecule has 2 N–H and O–H groups in total. The van der Waals surface area contributed by atoms with Gasteiger partial charge in [0.25, 0.3) is 0 Å². The van der Waals surface area contributed by atoms with Gasteiger partial charge in [-0.3, -0.25) is 4.72 Å². The van der Waals surface area contributed by atoms with E-state index in [1.165, 1.54) is 6.07 Å². The predicted molar refractivity (Wildman–Crippen MR) is 75.2 cm³/mol. The zero-order valence-electron chi connectivity index (χ0n) is 9.93. The van der Waals surface area contributed by atoms with E-state index < -0.39 is 19.7 Å². The summed E-state index contributed by atoms with van der Waals surface area (Å²) in [5.74, 6) is 4.10. The number of sulfonamides is 1. The summed E-state index contributed by atoms with van der Waals surface area (Å²) >= 11 is 0. The Balaban J connectivity index is 2.53. The zero-order chi connectivity index (χ0) is 13.6. The molecule has 1 aromatic rings. The van der Waals surface area contributed by atoms with Gasteiger partial charge in [-0.15, -0.1) is 0 Å². The zero-order valence-corrected chi connectivity index (χ0v) is 11.6. The fraction of sp³-hybridized carbons (Fsp3) is 0.200. The molecule has 0 aliphatic carbocycles. The Kier molecular flexibility index (Phi) is 2.86. The molecular formula is C10H13N3O3S2. The van der Waals surface area contributed by atoms with Gasteiger partial charge in [-0.2, -0.15) is 4.40 Å². The van der Waals surface area contributed by atoms with Gasteiger partial charge in [0.15, 0.2) is 0 Å². The van der Waals surface area contributed by atoms with Crippen LogP contribution in [0.25, 0.3) is 0 Å². The van der Waals surface area contributed by atoms with Crippen molar-refractivity contribution in [3.05, 3.63) is 18.2 Å². The molecule has 18 heavy (non-hydrogen) atoms. The van der Waals surface area contributed by atoms with Crippen LogP contribution >= 0.6 is 0 Å². The Labute approximate surface area is 106 Å². The van der Waals surface area contributed by atoms with E-state index in [0.717, 1.165) is 6.26 Å². The molecule has 0 radical (unpaired) electrons. The molecule has 0 bridgehead atoms. The first-order valence-corrected chi connectivity index (χ1v) is 8.57. The fourth-order valence-electron chi connectivity index (χ4n) is 1.66. The average Bonchev–Trinajstić information content (AvgIpc) is 2.15. The van der Waals surface area contributed by atoms with Crippen LogP contribution in [0.3, 0.4) is 0 Å². The summed E-state index contributed by atoms with van der Waals surface area (Å²) in [4.78, 5) is 0.391. The van der Waals surface area contributed by atoms with Crippen LogP contribution in [0.2, 0.25) is 0 Å². The number of amidine groups is 1. The van der Waals surface area contributed by atoms with Gasteiger partial charge in [0.1, 0.15) is 5.84 Å². The van der Waals surface area contributed by atoms with E-state index in [1.807, 2.05) is 0 Å². The molecule has 98 valence electrons. The molecule has 1 unspecified atom stereocenters. The van der Waals surface area contributed by atoms with Crippen molar-refractivity contribution >= 4 is 42.8 Å². The first kappa shape index (κ1) is 12.9. The first-order chi connectivity index (χ1) is 8.17. The predicted octanol–water partition coefficient (Wildman–Crippen LogP) is 0.892. The minimum absolute atomic E-state index is 0.337. The smallest absolute Gasteiger partial charge is 0.229 e. The summed E-state index contributed by atoms with van der Waals surface area (Å²) in [5.41, 5.74) is 0.964. The van der Waals surface area contributed by atoms with Crippen LogP contribution in [0.5, 0.6) is 0 Å². The quantitative estimate of drug-likeness (QED) is 0.791. The third-order valence-electron chi connectivity index (χ3n) is 2.23. The Morgan fingerprint density at radius 1 is 1.44 bits per heavy atom. The van der Waals surface area contributed by atoms with E-state index in [-0.39, 0.29) is 0 Å². The second-order valence-electron chi connectivity index (χ2n) is 4.03. The molecule has 1 aliphatic heterocycles. The lowest BCUT2D eigenvalue weighted by Gasteiger charge is -2.19. The fourth-order valence-corrected chi connectivity index (χ4v) is 3.57. The second-order valence-corrected chi connectivity index (χ2v) is 7.68. The number of hydrogen-bond acceptors (Lipinski definition) is 4. The summed E-state index contributed by atoms with van der Waals surface area (Å²) in [7, 11) is -6.15. The van der Waals surface area contributed by atoms with E-state index in [9.17, 15) is 12.6 Å². The van der Waals surface area contributed by atoms with Crippen molar-refractivity contribution in [2.24, 2.45) is 4.40 Å².